The molecule has 0 aliphatic rings. The smallest absolute Gasteiger partial charge is 0.296 e. The van der Waals surface area contributed by atoms with Crippen LogP contribution >= 0.6 is 11.6 Å². The number of nitrogens with zero attached hydrogens (tertiary/aromatic N) is 5. The summed E-state index contributed by atoms with van der Waals surface area (Å²) >= 11 is 6.61. The first-order valence-corrected chi connectivity index (χ1v) is 11.4. The lowest BCUT2D eigenvalue weighted by Crippen LogP contribution is -2.30. The van der Waals surface area contributed by atoms with Crippen LogP contribution in [0.5, 0.6) is 5.75 Å². The first kappa shape index (κ1) is 23.3. The van der Waals surface area contributed by atoms with Crippen LogP contribution in [-0.2, 0) is 7.05 Å². The summed E-state index contributed by atoms with van der Waals surface area (Å²) in [5.41, 5.74) is 0.643. The van der Waals surface area contributed by atoms with Crippen LogP contribution in [0.25, 0.3) is 10.9 Å². The van der Waals surface area contributed by atoms with Gasteiger partial charge in [0, 0.05) is 29.6 Å². The summed E-state index contributed by atoms with van der Waals surface area (Å²) in [5.74, 6) is -1.78. The Balaban J connectivity index is 1.65. The monoisotopic (exact) mass is 504 g/mol. The number of hydrogen-bond donors (Lipinski definition) is 2. The average Bonchev–Trinajstić information content (AvgIpc) is 3.53. The van der Waals surface area contributed by atoms with Gasteiger partial charge in [-0.2, -0.15) is 5.10 Å². The van der Waals surface area contributed by atoms with Crippen molar-refractivity contribution in [3.63, 3.8) is 0 Å². The van der Waals surface area contributed by atoms with Gasteiger partial charge in [-0.3, -0.25) is 18.8 Å². The van der Waals surface area contributed by atoms with E-state index >= 15 is 0 Å². The number of hydrogen-bond acceptors (Lipinski definition) is 7. The highest BCUT2D eigenvalue weighted by atomic mass is 35.5. The summed E-state index contributed by atoms with van der Waals surface area (Å²) < 4.78 is 7.73. The third-order valence-electron chi connectivity index (χ3n) is 6.03. The molecule has 0 saturated heterocycles. The first-order chi connectivity index (χ1) is 17.3. The van der Waals surface area contributed by atoms with Crippen molar-refractivity contribution in [1.82, 2.24) is 24.5 Å². The molecule has 0 aliphatic carbocycles. The van der Waals surface area contributed by atoms with Crippen molar-refractivity contribution in [2.45, 2.75) is 18.9 Å². The number of amides is 1. The molecule has 11 heteroatoms. The topological polar surface area (TPSA) is 128 Å². The number of fused-ring (bicyclic) bond motifs is 1. The third-order valence-corrected chi connectivity index (χ3v) is 6.37. The van der Waals surface area contributed by atoms with E-state index in [0.717, 1.165) is 16.5 Å². The van der Waals surface area contributed by atoms with Gasteiger partial charge in [0.05, 0.1) is 17.8 Å². The predicted octanol–water partition coefficient (Wildman–Crippen LogP) is 4.12. The van der Waals surface area contributed by atoms with Crippen LogP contribution in [-0.4, -0.2) is 35.5 Å². The van der Waals surface area contributed by atoms with E-state index in [0.29, 0.717) is 5.02 Å². The zero-order chi connectivity index (χ0) is 25.4. The SMILES string of the molecule is CC(c1nc(C(=O)Nc2cnoc2)c(O)c(=O)n1C)C(c1ccccc1Cl)n1cc2ccccc2n1. The Morgan fingerprint density at radius 3 is 2.64 bits per heavy atom. The second kappa shape index (κ2) is 9.31. The zero-order valence-corrected chi connectivity index (χ0v) is 20.0. The van der Waals surface area contributed by atoms with Gasteiger partial charge in [-0.05, 0) is 17.7 Å². The summed E-state index contributed by atoms with van der Waals surface area (Å²) in [6, 6.07) is 14.6. The quantitative estimate of drug-likeness (QED) is 0.356. The molecule has 0 radical (unpaired) electrons. The number of rotatable bonds is 6. The Bertz CT molecular complexity index is 1590. The van der Waals surface area contributed by atoms with E-state index in [1.165, 1.54) is 24.1 Å². The zero-order valence-electron chi connectivity index (χ0n) is 19.3. The Hall–Kier alpha value is -4.44. The summed E-state index contributed by atoms with van der Waals surface area (Å²) in [6.45, 7) is 1.86. The van der Waals surface area contributed by atoms with E-state index in [1.807, 2.05) is 55.6 Å². The molecule has 182 valence electrons. The molecule has 0 bridgehead atoms. The van der Waals surface area contributed by atoms with Crippen LogP contribution in [0, 0.1) is 0 Å². The molecule has 10 nitrogen and oxygen atoms in total. The number of aromatic hydroxyl groups is 1. The van der Waals surface area contributed by atoms with Gasteiger partial charge in [0.25, 0.3) is 11.5 Å². The van der Waals surface area contributed by atoms with Crippen molar-refractivity contribution in [1.29, 1.82) is 0 Å². The molecule has 2 atom stereocenters. The Kier molecular flexibility index (Phi) is 6.03. The highest BCUT2D eigenvalue weighted by molar-refractivity contribution is 6.31. The van der Waals surface area contributed by atoms with Crippen LogP contribution in [0.4, 0.5) is 5.69 Å². The lowest BCUT2D eigenvalue weighted by molar-refractivity contribution is 0.101. The van der Waals surface area contributed by atoms with Crippen molar-refractivity contribution in [2.75, 3.05) is 5.32 Å². The van der Waals surface area contributed by atoms with Crippen molar-refractivity contribution >= 4 is 34.1 Å². The van der Waals surface area contributed by atoms with Crippen LogP contribution in [0.15, 0.2) is 76.5 Å². The molecule has 1 amide bonds. The fourth-order valence-corrected chi connectivity index (χ4v) is 4.50. The van der Waals surface area contributed by atoms with Crippen molar-refractivity contribution in [3.8, 4) is 5.75 Å². The average molecular weight is 505 g/mol. The molecule has 3 heterocycles. The molecule has 2 unspecified atom stereocenters. The van der Waals surface area contributed by atoms with Gasteiger partial charge in [0.1, 0.15) is 17.8 Å². The number of nitrogens with one attached hydrogen (secondary N) is 1. The van der Waals surface area contributed by atoms with Gasteiger partial charge < -0.3 is 14.9 Å². The number of halogens is 1. The van der Waals surface area contributed by atoms with Gasteiger partial charge in [0.15, 0.2) is 5.69 Å². The fraction of sp³-hybridized carbons (Fsp3) is 0.160. The molecule has 2 aromatic carbocycles. The maximum Gasteiger partial charge on any atom is 0.296 e. The number of anilines is 1. The van der Waals surface area contributed by atoms with E-state index in [1.54, 1.807) is 10.7 Å². The van der Waals surface area contributed by atoms with Crippen LogP contribution in [0.3, 0.4) is 0 Å². The van der Waals surface area contributed by atoms with Crippen LogP contribution in [0.1, 0.15) is 40.8 Å². The lowest BCUT2D eigenvalue weighted by Gasteiger charge is -2.27. The molecule has 5 rings (SSSR count). The van der Waals surface area contributed by atoms with Gasteiger partial charge in [-0.25, -0.2) is 4.98 Å². The minimum atomic E-state index is -0.777. The van der Waals surface area contributed by atoms with Gasteiger partial charge in [-0.15, -0.1) is 0 Å². The maximum atomic E-state index is 12.9. The van der Waals surface area contributed by atoms with E-state index in [4.69, 9.17) is 21.2 Å². The summed E-state index contributed by atoms with van der Waals surface area (Å²) in [6.07, 6.45) is 4.41. The van der Waals surface area contributed by atoms with Gasteiger partial charge in [0.2, 0.25) is 5.75 Å². The molecular formula is C25H21ClN6O4. The summed E-state index contributed by atoms with van der Waals surface area (Å²) in [5, 5.41) is 22.7. The minimum Gasteiger partial charge on any atom is -0.501 e. The van der Waals surface area contributed by atoms with Gasteiger partial charge >= 0.3 is 0 Å². The Labute approximate surface area is 209 Å². The van der Waals surface area contributed by atoms with E-state index in [-0.39, 0.29) is 11.5 Å². The van der Waals surface area contributed by atoms with E-state index < -0.39 is 34.9 Å². The maximum absolute atomic E-state index is 12.9. The molecule has 36 heavy (non-hydrogen) atoms. The molecule has 0 saturated carbocycles. The molecule has 0 aliphatic heterocycles. The fourth-order valence-electron chi connectivity index (χ4n) is 4.25. The van der Waals surface area contributed by atoms with Crippen LogP contribution in [0.2, 0.25) is 5.02 Å². The van der Waals surface area contributed by atoms with Gasteiger partial charge in [-0.1, -0.05) is 60.1 Å². The molecule has 0 spiro atoms. The Morgan fingerprint density at radius 1 is 1.17 bits per heavy atom. The molecule has 5 aromatic rings. The first-order valence-electron chi connectivity index (χ1n) is 11.0. The largest absolute Gasteiger partial charge is 0.501 e. The van der Waals surface area contributed by atoms with Crippen molar-refractivity contribution in [3.05, 3.63) is 99.6 Å². The summed E-state index contributed by atoms with van der Waals surface area (Å²) in [4.78, 5) is 30.2. The van der Waals surface area contributed by atoms with Crippen molar-refractivity contribution in [2.24, 2.45) is 7.05 Å². The predicted molar refractivity (Wildman–Crippen MR) is 133 cm³/mol. The highest BCUT2D eigenvalue weighted by Crippen LogP contribution is 2.37. The molecular weight excluding hydrogens is 484 g/mol. The van der Waals surface area contributed by atoms with Crippen LogP contribution < -0.4 is 10.9 Å². The number of benzene rings is 2. The number of carbonyl (C=O) groups excluding carboxylic acids is 1. The molecule has 2 N–H and O–H groups in total. The molecule has 0 fully saturated rings. The van der Waals surface area contributed by atoms with Crippen molar-refractivity contribution < 1.29 is 14.4 Å². The third kappa shape index (κ3) is 4.11. The summed E-state index contributed by atoms with van der Waals surface area (Å²) in [7, 11) is 1.49. The number of aromatic nitrogens is 5. The number of carbonyl (C=O) groups is 1. The normalized spacial score (nSPS) is 13.0. The van der Waals surface area contributed by atoms with E-state index in [9.17, 15) is 14.7 Å². The second-order valence-electron chi connectivity index (χ2n) is 8.32. The minimum absolute atomic E-state index is 0.258. The molecule has 3 aromatic heterocycles. The Morgan fingerprint density at radius 2 is 1.92 bits per heavy atom. The van der Waals surface area contributed by atoms with E-state index in [2.05, 4.69) is 15.5 Å². The standard InChI is InChI=1S/C25H21ClN6O4/c1-14(23-29-20(22(33)25(35)31(23)2)24(34)28-16-11-27-36-13-16)21(17-8-4-5-9-18(17)26)32-12-15-7-3-6-10-19(15)30-32/h3-14,21,33H,1-2H3,(H,28,34). The highest BCUT2D eigenvalue weighted by Gasteiger charge is 2.31. The second-order valence-corrected chi connectivity index (χ2v) is 8.73. The lowest BCUT2D eigenvalue weighted by atomic mass is 9.93.